The Labute approximate surface area is 326 Å². The van der Waals surface area contributed by atoms with Crippen LogP contribution >= 0.6 is 0 Å². The van der Waals surface area contributed by atoms with Gasteiger partial charge in [-0.2, -0.15) is 0 Å². The van der Waals surface area contributed by atoms with Crippen molar-refractivity contribution in [2.24, 2.45) is 0 Å². The summed E-state index contributed by atoms with van der Waals surface area (Å²) in [6.07, 6.45) is 35.3. The summed E-state index contributed by atoms with van der Waals surface area (Å²) in [6.45, 7) is 3.57. The average Bonchev–Trinajstić information content (AvgIpc) is 3.15. The third-order valence-corrected chi connectivity index (χ3v) is 9.89. The molecule has 0 fully saturated rings. The molecule has 3 atom stereocenters. The second-order valence-electron chi connectivity index (χ2n) is 15.4. The third kappa shape index (κ3) is 41.7. The topological polar surface area (TPSA) is 132 Å². The Hall–Kier alpha value is -1.26. The van der Waals surface area contributed by atoms with Crippen molar-refractivity contribution in [1.82, 2.24) is 0 Å². The van der Waals surface area contributed by atoms with Gasteiger partial charge in [0, 0.05) is 12.8 Å². The summed E-state index contributed by atoms with van der Waals surface area (Å²) in [5.41, 5.74) is 0. The molecule has 0 spiro atoms. The lowest BCUT2D eigenvalue weighted by molar-refractivity contribution is -0.169. The Kier molecular flexibility index (Phi) is 40.9. The Balaban J connectivity index is 3.52. The standard InChI is InChI=1S/C44H86O9/c1-3-5-7-9-11-13-15-17-19-21-23-25-27-29-31-33-42(47)51-36-40(45)35-50-39-44(49)53-38-41(46)37-52-43(48)34-32-30-28-26-24-22-20-18-16-14-12-10-8-6-4-2/h40-41,44-46,49H,3-39H2,1-2H3. The fourth-order valence-corrected chi connectivity index (χ4v) is 6.48. The first-order chi connectivity index (χ1) is 25.9. The SMILES string of the molecule is CCCCCCCCCCCCCCCCCC(=O)OCC(O)COCC(O)OCC(O)COC(=O)CCCCCCCCCCCCCCCCC. The molecule has 0 saturated heterocycles. The van der Waals surface area contributed by atoms with Gasteiger partial charge >= 0.3 is 11.9 Å². The van der Waals surface area contributed by atoms with Gasteiger partial charge in [0.2, 0.25) is 0 Å². The van der Waals surface area contributed by atoms with Gasteiger partial charge in [-0.15, -0.1) is 0 Å². The fraction of sp³-hybridized carbons (Fsp3) is 0.955. The first kappa shape index (κ1) is 51.7. The molecule has 316 valence electrons. The quantitative estimate of drug-likeness (QED) is 0.0316. The minimum absolute atomic E-state index is 0.133. The zero-order valence-corrected chi connectivity index (χ0v) is 34.7. The van der Waals surface area contributed by atoms with Crippen LogP contribution in [0.4, 0.5) is 0 Å². The van der Waals surface area contributed by atoms with E-state index in [4.69, 9.17) is 18.9 Å². The maximum atomic E-state index is 12.0. The van der Waals surface area contributed by atoms with Crippen LogP contribution in [0.15, 0.2) is 0 Å². The molecule has 9 nitrogen and oxygen atoms in total. The van der Waals surface area contributed by atoms with Crippen molar-refractivity contribution < 1.29 is 43.9 Å². The lowest BCUT2D eigenvalue weighted by Gasteiger charge is -2.17. The molecule has 9 heteroatoms. The van der Waals surface area contributed by atoms with Crippen LogP contribution in [0.25, 0.3) is 0 Å². The summed E-state index contributed by atoms with van der Waals surface area (Å²) in [5.74, 6) is -0.668. The predicted octanol–water partition coefficient (Wildman–Crippen LogP) is 10.7. The second-order valence-corrected chi connectivity index (χ2v) is 15.4. The fourth-order valence-electron chi connectivity index (χ4n) is 6.48. The summed E-state index contributed by atoms with van der Waals surface area (Å²) in [4.78, 5) is 24.0. The van der Waals surface area contributed by atoms with Crippen LogP contribution in [0.2, 0.25) is 0 Å². The van der Waals surface area contributed by atoms with Gasteiger partial charge in [0.15, 0.2) is 6.29 Å². The first-order valence-corrected chi connectivity index (χ1v) is 22.4. The highest BCUT2D eigenvalue weighted by molar-refractivity contribution is 5.69. The Morgan fingerprint density at radius 3 is 0.981 bits per heavy atom. The van der Waals surface area contributed by atoms with Crippen LogP contribution in [-0.2, 0) is 28.5 Å². The number of rotatable bonds is 43. The van der Waals surface area contributed by atoms with Gasteiger partial charge in [-0.3, -0.25) is 9.59 Å². The number of aliphatic hydroxyl groups excluding tert-OH is 3. The molecule has 0 rings (SSSR count). The van der Waals surface area contributed by atoms with Gasteiger partial charge < -0.3 is 34.3 Å². The van der Waals surface area contributed by atoms with Gasteiger partial charge in [0.05, 0.1) is 19.8 Å². The summed E-state index contributed by atoms with van der Waals surface area (Å²) < 4.78 is 20.7. The van der Waals surface area contributed by atoms with Gasteiger partial charge in [0.25, 0.3) is 0 Å². The summed E-state index contributed by atoms with van der Waals surface area (Å²) in [7, 11) is 0. The van der Waals surface area contributed by atoms with Crippen molar-refractivity contribution in [2.75, 3.05) is 33.0 Å². The van der Waals surface area contributed by atoms with Crippen molar-refractivity contribution in [2.45, 2.75) is 238 Å². The van der Waals surface area contributed by atoms with E-state index < -0.39 is 18.5 Å². The van der Waals surface area contributed by atoms with Crippen molar-refractivity contribution in [1.29, 1.82) is 0 Å². The van der Waals surface area contributed by atoms with Crippen LogP contribution in [-0.4, -0.2) is 78.8 Å². The smallest absolute Gasteiger partial charge is 0.305 e. The maximum Gasteiger partial charge on any atom is 0.305 e. The van der Waals surface area contributed by atoms with Gasteiger partial charge in [-0.25, -0.2) is 0 Å². The Morgan fingerprint density at radius 1 is 0.377 bits per heavy atom. The minimum Gasteiger partial charge on any atom is -0.463 e. The summed E-state index contributed by atoms with van der Waals surface area (Å²) >= 11 is 0. The van der Waals surface area contributed by atoms with Crippen molar-refractivity contribution in [3.8, 4) is 0 Å². The molecule has 0 aliphatic carbocycles. The molecule has 0 amide bonds. The normalized spacial score (nSPS) is 13.2. The number of hydrogen-bond donors (Lipinski definition) is 3. The monoisotopic (exact) mass is 759 g/mol. The van der Waals surface area contributed by atoms with E-state index in [1.807, 2.05) is 0 Å². The zero-order chi connectivity index (χ0) is 38.9. The molecule has 0 aromatic heterocycles. The molecule has 53 heavy (non-hydrogen) atoms. The van der Waals surface area contributed by atoms with Gasteiger partial charge in [-0.1, -0.05) is 194 Å². The van der Waals surface area contributed by atoms with Crippen molar-refractivity contribution >= 4 is 11.9 Å². The molecule has 0 heterocycles. The van der Waals surface area contributed by atoms with Crippen LogP contribution in [0.5, 0.6) is 0 Å². The number of carbonyl (C=O) groups is 2. The molecule has 3 N–H and O–H groups in total. The molecule has 0 aromatic carbocycles. The van der Waals surface area contributed by atoms with E-state index in [-0.39, 0.29) is 45.0 Å². The van der Waals surface area contributed by atoms with E-state index in [0.717, 1.165) is 38.5 Å². The molecule has 3 unspecified atom stereocenters. The lowest BCUT2D eigenvalue weighted by Crippen LogP contribution is -2.30. The highest BCUT2D eigenvalue weighted by Crippen LogP contribution is 2.15. The van der Waals surface area contributed by atoms with E-state index in [1.54, 1.807) is 0 Å². The van der Waals surface area contributed by atoms with Crippen molar-refractivity contribution in [3.63, 3.8) is 0 Å². The van der Waals surface area contributed by atoms with Crippen LogP contribution < -0.4 is 0 Å². The predicted molar refractivity (Wildman–Crippen MR) is 216 cm³/mol. The number of ether oxygens (including phenoxy) is 4. The number of aliphatic hydroxyl groups is 3. The maximum absolute atomic E-state index is 12.0. The number of unbranched alkanes of at least 4 members (excludes halogenated alkanes) is 28. The van der Waals surface area contributed by atoms with Gasteiger partial charge in [-0.05, 0) is 12.8 Å². The first-order valence-electron chi connectivity index (χ1n) is 22.4. The lowest BCUT2D eigenvalue weighted by atomic mass is 10.0. The highest BCUT2D eigenvalue weighted by Gasteiger charge is 2.14. The molecule has 0 aliphatic heterocycles. The summed E-state index contributed by atoms with van der Waals surface area (Å²) in [6, 6.07) is 0. The molecule has 0 radical (unpaired) electrons. The van der Waals surface area contributed by atoms with E-state index in [2.05, 4.69) is 13.8 Å². The highest BCUT2D eigenvalue weighted by atomic mass is 16.6. The van der Waals surface area contributed by atoms with E-state index in [1.165, 1.54) is 154 Å². The van der Waals surface area contributed by atoms with Gasteiger partial charge in [0.1, 0.15) is 25.4 Å². The molecular formula is C44H86O9. The molecule has 0 aliphatic rings. The minimum atomic E-state index is -1.32. The molecule has 0 saturated carbocycles. The Bertz CT molecular complexity index is 765. The second kappa shape index (κ2) is 41.9. The van der Waals surface area contributed by atoms with Crippen LogP contribution in [0.1, 0.15) is 219 Å². The average molecular weight is 759 g/mol. The Morgan fingerprint density at radius 2 is 0.660 bits per heavy atom. The van der Waals surface area contributed by atoms with Crippen LogP contribution in [0.3, 0.4) is 0 Å². The number of carbonyl (C=O) groups excluding carboxylic acids is 2. The summed E-state index contributed by atoms with van der Waals surface area (Å²) in [5, 5.41) is 30.0. The number of hydrogen-bond acceptors (Lipinski definition) is 9. The van der Waals surface area contributed by atoms with Crippen LogP contribution in [0, 0.1) is 0 Å². The number of esters is 2. The molecule has 0 aromatic rings. The molecular weight excluding hydrogens is 672 g/mol. The van der Waals surface area contributed by atoms with E-state index in [9.17, 15) is 24.9 Å². The largest absolute Gasteiger partial charge is 0.463 e. The third-order valence-electron chi connectivity index (χ3n) is 9.89. The van der Waals surface area contributed by atoms with E-state index in [0.29, 0.717) is 12.8 Å². The molecule has 0 bridgehead atoms. The van der Waals surface area contributed by atoms with E-state index >= 15 is 0 Å². The zero-order valence-electron chi connectivity index (χ0n) is 34.7. The van der Waals surface area contributed by atoms with Crippen molar-refractivity contribution in [3.05, 3.63) is 0 Å².